The lowest BCUT2D eigenvalue weighted by Crippen LogP contribution is -2.48. The van der Waals surface area contributed by atoms with Gasteiger partial charge in [-0.3, -0.25) is 14.4 Å². The molecule has 0 unspecified atom stereocenters. The van der Waals surface area contributed by atoms with Crippen molar-refractivity contribution in [2.45, 2.75) is 6.54 Å². The van der Waals surface area contributed by atoms with E-state index in [1.54, 1.807) is 0 Å². The topological polar surface area (TPSA) is 53.4 Å². The van der Waals surface area contributed by atoms with E-state index >= 15 is 0 Å². The van der Waals surface area contributed by atoms with E-state index < -0.39 is 0 Å². The molecular weight excluding hydrogens is 434 g/mol. The SMILES string of the molecule is O=C(NCCN1CCN(c2ccccc2)CC1)c1cn(Cc2ccccc2)nc1-c1ccccc1. The van der Waals surface area contributed by atoms with Gasteiger partial charge < -0.3 is 10.2 Å². The number of rotatable bonds is 8. The second kappa shape index (κ2) is 11.0. The normalized spacial score (nSPS) is 14.1. The molecule has 178 valence electrons. The Bertz CT molecular complexity index is 1220. The van der Waals surface area contributed by atoms with Gasteiger partial charge in [0.25, 0.3) is 5.91 Å². The van der Waals surface area contributed by atoms with Gasteiger partial charge in [-0.05, 0) is 17.7 Å². The van der Waals surface area contributed by atoms with Crippen molar-refractivity contribution in [2.75, 3.05) is 44.2 Å². The summed E-state index contributed by atoms with van der Waals surface area (Å²) < 4.78 is 1.86. The summed E-state index contributed by atoms with van der Waals surface area (Å²) in [6.45, 7) is 6.07. The Hall–Kier alpha value is -3.90. The maximum Gasteiger partial charge on any atom is 0.255 e. The predicted molar refractivity (Wildman–Crippen MR) is 141 cm³/mol. The Kier molecular flexibility index (Phi) is 7.20. The van der Waals surface area contributed by atoms with Crippen LogP contribution in [0, 0.1) is 0 Å². The average Bonchev–Trinajstić information content (AvgIpc) is 3.34. The zero-order valence-corrected chi connectivity index (χ0v) is 19.9. The monoisotopic (exact) mass is 465 g/mol. The lowest BCUT2D eigenvalue weighted by molar-refractivity contribution is 0.0948. The average molecular weight is 466 g/mol. The van der Waals surface area contributed by atoms with Crippen molar-refractivity contribution in [1.29, 1.82) is 0 Å². The zero-order chi connectivity index (χ0) is 23.9. The number of aromatic nitrogens is 2. The fraction of sp³-hybridized carbons (Fsp3) is 0.241. The van der Waals surface area contributed by atoms with Gasteiger partial charge in [-0.15, -0.1) is 0 Å². The van der Waals surface area contributed by atoms with Crippen molar-refractivity contribution in [2.24, 2.45) is 0 Å². The summed E-state index contributed by atoms with van der Waals surface area (Å²) in [4.78, 5) is 18.0. The molecule has 0 aliphatic carbocycles. The molecule has 1 fully saturated rings. The first kappa shape index (κ1) is 22.9. The van der Waals surface area contributed by atoms with E-state index in [-0.39, 0.29) is 5.91 Å². The number of amides is 1. The Morgan fingerprint density at radius 2 is 1.43 bits per heavy atom. The molecule has 1 aromatic heterocycles. The smallest absolute Gasteiger partial charge is 0.255 e. The number of nitrogens with one attached hydrogen (secondary N) is 1. The molecule has 6 nitrogen and oxygen atoms in total. The van der Waals surface area contributed by atoms with Crippen molar-refractivity contribution in [3.63, 3.8) is 0 Å². The van der Waals surface area contributed by atoms with E-state index in [1.165, 1.54) is 5.69 Å². The molecule has 4 aromatic rings. The quantitative estimate of drug-likeness (QED) is 0.425. The van der Waals surface area contributed by atoms with E-state index in [0.29, 0.717) is 18.7 Å². The largest absolute Gasteiger partial charge is 0.369 e. The Morgan fingerprint density at radius 1 is 0.800 bits per heavy atom. The summed E-state index contributed by atoms with van der Waals surface area (Å²) in [5.74, 6) is -0.0777. The van der Waals surface area contributed by atoms with Crippen LogP contribution in [0.3, 0.4) is 0 Å². The molecular formula is C29H31N5O. The second-order valence-corrected chi connectivity index (χ2v) is 8.86. The lowest BCUT2D eigenvalue weighted by Gasteiger charge is -2.36. The van der Waals surface area contributed by atoms with Gasteiger partial charge in [-0.2, -0.15) is 5.10 Å². The number of benzene rings is 3. The van der Waals surface area contributed by atoms with Crippen molar-refractivity contribution < 1.29 is 4.79 Å². The summed E-state index contributed by atoms with van der Waals surface area (Å²) in [7, 11) is 0. The molecule has 5 rings (SSSR count). The Balaban J connectivity index is 1.20. The van der Waals surface area contributed by atoms with Gasteiger partial charge in [0.15, 0.2) is 0 Å². The molecule has 3 aromatic carbocycles. The molecule has 0 radical (unpaired) electrons. The summed E-state index contributed by atoms with van der Waals surface area (Å²) in [6.07, 6.45) is 1.86. The molecule has 0 atom stereocenters. The van der Waals surface area contributed by atoms with Crippen LogP contribution in [0.4, 0.5) is 5.69 Å². The van der Waals surface area contributed by atoms with Crippen LogP contribution in [0.15, 0.2) is 97.2 Å². The summed E-state index contributed by atoms with van der Waals surface area (Å²) in [5, 5.41) is 7.90. The van der Waals surface area contributed by atoms with Gasteiger partial charge in [0.2, 0.25) is 0 Å². The number of para-hydroxylation sites is 1. The van der Waals surface area contributed by atoms with E-state index in [2.05, 4.69) is 57.6 Å². The van der Waals surface area contributed by atoms with Gasteiger partial charge in [0.05, 0.1) is 12.1 Å². The zero-order valence-electron chi connectivity index (χ0n) is 19.9. The number of carbonyl (C=O) groups excluding carboxylic acids is 1. The Labute approximate surface area is 206 Å². The van der Waals surface area contributed by atoms with Crippen LogP contribution in [0.1, 0.15) is 15.9 Å². The molecule has 2 heterocycles. The predicted octanol–water partition coefficient (Wildman–Crippen LogP) is 4.15. The van der Waals surface area contributed by atoms with E-state index in [9.17, 15) is 4.79 Å². The van der Waals surface area contributed by atoms with Crippen molar-refractivity contribution >= 4 is 11.6 Å². The van der Waals surface area contributed by atoms with Gasteiger partial charge in [-0.1, -0.05) is 78.9 Å². The minimum absolute atomic E-state index is 0.0777. The first-order valence-corrected chi connectivity index (χ1v) is 12.2. The highest BCUT2D eigenvalue weighted by molar-refractivity contribution is 5.99. The molecule has 0 spiro atoms. The fourth-order valence-corrected chi connectivity index (χ4v) is 4.54. The van der Waals surface area contributed by atoms with Crippen LogP contribution in [0.5, 0.6) is 0 Å². The number of carbonyl (C=O) groups is 1. The minimum atomic E-state index is -0.0777. The van der Waals surface area contributed by atoms with Crippen molar-refractivity contribution in [1.82, 2.24) is 20.0 Å². The third kappa shape index (κ3) is 5.78. The minimum Gasteiger partial charge on any atom is -0.369 e. The Morgan fingerprint density at radius 3 is 2.11 bits per heavy atom. The van der Waals surface area contributed by atoms with Crippen LogP contribution in [-0.2, 0) is 6.54 Å². The summed E-state index contributed by atoms with van der Waals surface area (Å²) >= 11 is 0. The maximum atomic E-state index is 13.2. The lowest BCUT2D eigenvalue weighted by atomic mass is 10.1. The number of anilines is 1. The number of hydrogen-bond donors (Lipinski definition) is 1. The van der Waals surface area contributed by atoms with Gasteiger partial charge in [-0.25, -0.2) is 0 Å². The van der Waals surface area contributed by atoms with E-state index in [0.717, 1.165) is 49.5 Å². The van der Waals surface area contributed by atoms with Crippen LogP contribution in [-0.4, -0.2) is 59.9 Å². The van der Waals surface area contributed by atoms with E-state index in [1.807, 2.05) is 59.4 Å². The van der Waals surface area contributed by atoms with E-state index in [4.69, 9.17) is 5.10 Å². The second-order valence-electron chi connectivity index (χ2n) is 8.86. The van der Waals surface area contributed by atoms with Crippen molar-refractivity contribution in [3.05, 3.63) is 108 Å². The van der Waals surface area contributed by atoms with Crippen LogP contribution >= 0.6 is 0 Å². The standard InChI is InChI=1S/C29H31N5O/c35-29(30-16-17-32-18-20-33(21-19-32)26-14-8-3-9-15-26)27-23-34(22-24-10-4-1-5-11-24)31-28(27)25-12-6-2-7-13-25/h1-15,23H,16-22H2,(H,30,35). The fourth-order valence-electron chi connectivity index (χ4n) is 4.54. The highest BCUT2D eigenvalue weighted by atomic mass is 16.1. The van der Waals surface area contributed by atoms with Crippen molar-refractivity contribution in [3.8, 4) is 11.3 Å². The molecule has 6 heteroatoms. The third-order valence-electron chi connectivity index (χ3n) is 6.45. The van der Waals surface area contributed by atoms with Gasteiger partial charge >= 0.3 is 0 Å². The molecule has 1 amide bonds. The summed E-state index contributed by atoms with van der Waals surface area (Å²) in [6, 6.07) is 30.7. The highest BCUT2D eigenvalue weighted by Crippen LogP contribution is 2.22. The van der Waals surface area contributed by atoms with Crippen LogP contribution in [0.2, 0.25) is 0 Å². The first-order chi connectivity index (χ1) is 17.3. The molecule has 1 aliphatic rings. The molecule has 35 heavy (non-hydrogen) atoms. The summed E-state index contributed by atoms with van der Waals surface area (Å²) in [5.41, 5.74) is 4.70. The van der Waals surface area contributed by atoms with Gasteiger partial charge in [0.1, 0.15) is 5.69 Å². The third-order valence-corrected chi connectivity index (χ3v) is 6.45. The number of piperazine rings is 1. The van der Waals surface area contributed by atoms with Crippen LogP contribution in [0.25, 0.3) is 11.3 Å². The van der Waals surface area contributed by atoms with Crippen LogP contribution < -0.4 is 10.2 Å². The maximum absolute atomic E-state index is 13.2. The molecule has 0 bridgehead atoms. The first-order valence-electron chi connectivity index (χ1n) is 12.2. The number of nitrogens with zero attached hydrogens (tertiary/aromatic N) is 4. The highest BCUT2D eigenvalue weighted by Gasteiger charge is 2.20. The molecule has 1 aliphatic heterocycles. The molecule has 1 N–H and O–H groups in total. The molecule has 0 saturated carbocycles. The molecule has 1 saturated heterocycles. The van der Waals surface area contributed by atoms with Gasteiger partial charge in [0, 0.05) is 56.7 Å². The number of hydrogen-bond acceptors (Lipinski definition) is 4.